The van der Waals surface area contributed by atoms with Crippen LogP contribution in [0.5, 0.6) is 0 Å². The minimum absolute atomic E-state index is 0.391. The molecule has 1 aromatic carbocycles. The van der Waals surface area contributed by atoms with Crippen molar-refractivity contribution in [2.24, 2.45) is 10.7 Å². The minimum atomic E-state index is -0.728. The van der Waals surface area contributed by atoms with Gasteiger partial charge in [-0.1, -0.05) is 24.0 Å². The number of likely N-dealkylation sites (N-methyl/N-ethyl adjacent to an activating group) is 1. The van der Waals surface area contributed by atoms with Gasteiger partial charge >= 0.3 is 12.0 Å². The number of primary amides is 1. The number of urea groups is 1. The molecule has 0 aromatic heterocycles. The number of rotatable bonds is 4. The monoisotopic (exact) mass is 383 g/mol. The average Bonchev–Trinajstić information content (AvgIpc) is 3.09. The fourth-order valence-electron chi connectivity index (χ4n) is 3.91. The van der Waals surface area contributed by atoms with Gasteiger partial charge in [0, 0.05) is 13.5 Å². The molecular formula is C19H23N6O3+. The molecule has 9 nitrogen and oxygen atoms in total. The number of anilines is 1. The predicted molar refractivity (Wildman–Crippen MR) is 103 cm³/mol. The summed E-state index contributed by atoms with van der Waals surface area (Å²) in [6.07, 6.45) is 1.81. The molecule has 0 aliphatic carbocycles. The zero-order chi connectivity index (χ0) is 20.0. The molecule has 9 heteroatoms. The number of amidine groups is 1. The molecule has 28 heavy (non-hydrogen) atoms. The summed E-state index contributed by atoms with van der Waals surface area (Å²) in [4.78, 5) is 45.8. The highest BCUT2D eigenvalue weighted by Gasteiger charge is 2.54. The van der Waals surface area contributed by atoms with Crippen molar-refractivity contribution in [1.29, 1.82) is 0 Å². The number of aliphatic imine (C=N–C) groups is 1. The Balaban J connectivity index is 1.73. The van der Waals surface area contributed by atoms with Crippen LogP contribution in [0.4, 0.5) is 10.5 Å². The van der Waals surface area contributed by atoms with Crippen molar-refractivity contribution >= 4 is 35.3 Å². The number of guanidine groups is 1. The van der Waals surface area contributed by atoms with Gasteiger partial charge in [-0.25, -0.2) is 14.3 Å². The van der Waals surface area contributed by atoms with E-state index >= 15 is 0 Å². The second-order valence-electron chi connectivity index (χ2n) is 7.12. The number of carbonyl (C=O) groups excluding carboxylic acids is 3. The minimum Gasteiger partial charge on any atom is -0.368 e. The zero-order valence-corrected chi connectivity index (χ0v) is 16.0. The highest BCUT2D eigenvalue weighted by Crippen LogP contribution is 2.26. The first-order valence-corrected chi connectivity index (χ1v) is 9.38. The summed E-state index contributed by atoms with van der Waals surface area (Å²) in [6.45, 7) is 3.10. The molecule has 1 atom stereocenters. The molecule has 0 radical (unpaired) electrons. The van der Waals surface area contributed by atoms with Crippen LogP contribution in [0.3, 0.4) is 0 Å². The Bertz CT molecular complexity index is 920. The van der Waals surface area contributed by atoms with Crippen LogP contribution < -0.4 is 10.6 Å². The number of hydrogen-bond acceptors (Lipinski definition) is 5. The molecule has 0 bridgehead atoms. The van der Waals surface area contributed by atoms with Crippen LogP contribution in [0.1, 0.15) is 18.9 Å². The second kappa shape index (κ2) is 6.74. The standard InChI is InChI=1S/C19H22N6O3/c1-3-12-5-7-13(8-6-12)23-9-4-10-24-15-16(21-18(23)24)22(2)19(28)25(17(15)27)11-14(20)26/h5-8,15H,3-4,9-11H2,1-2H3,(H-,20,26)/p+1. The van der Waals surface area contributed by atoms with Gasteiger partial charge in [-0.15, -0.1) is 0 Å². The summed E-state index contributed by atoms with van der Waals surface area (Å²) in [5, 5.41) is 0. The highest BCUT2D eigenvalue weighted by molar-refractivity contribution is 6.24. The number of nitrogens with zero attached hydrogens (tertiary/aromatic N) is 5. The van der Waals surface area contributed by atoms with Gasteiger partial charge in [0.15, 0.2) is 0 Å². The first-order valence-electron chi connectivity index (χ1n) is 9.38. The van der Waals surface area contributed by atoms with Crippen molar-refractivity contribution in [1.82, 2.24) is 9.80 Å². The van der Waals surface area contributed by atoms with E-state index in [1.807, 2.05) is 16.7 Å². The first kappa shape index (κ1) is 18.1. The summed E-state index contributed by atoms with van der Waals surface area (Å²) in [7, 11) is 1.56. The Labute approximate surface area is 162 Å². The van der Waals surface area contributed by atoms with Gasteiger partial charge in [0.05, 0.1) is 13.1 Å². The molecule has 1 aromatic rings. The Hall–Kier alpha value is -3.23. The number of fused-ring (bicyclic) bond motifs is 2. The Kier molecular flexibility index (Phi) is 4.37. The first-order chi connectivity index (χ1) is 13.4. The van der Waals surface area contributed by atoms with Gasteiger partial charge in [0.1, 0.15) is 12.2 Å². The van der Waals surface area contributed by atoms with Gasteiger partial charge in [-0.05, 0) is 24.1 Å². The van der Waals surface area contributed by atoms with Crippen molar-refractivity contribution in [3.8, 4) is 0 Å². The molecule has 2 N–H and O–H groups in total. The van der Waals surface area contributed by atoms with E-state index in [0.29, 0.717) is 18.3 Å². The van der Waals surface area contributed by atoms with Crippen molar-refractivity contribution in [3.63, 3.8) is 0 Å². The lowest BCUT2D eigenvalue weighted by atomic mass is 10.1. The second-order valence-corrected chi connectivity index (χ2v) is 7.12. The maximum atomic E-state index is 13.0. The van der Waals surface area contributed by atoms with Crippen molar-refractivity contribution in [2.45, 2.75) is 25.8 Å². The van der Waals surface area contributed by atoms with Gasteiger partial charge in [0.25, 0.3) is 5.91 Å². The Morgan fingerprint density at radius 3 is 2.64 bits per heavy atom. The van der Waals surface area contributed by atoms with E-state index in [-0.39, 0.29) is 0 Å². The van der Waals surface area contributed by atoms with E-state index in [0.717, 1.165) is 30.0 Å². The molecule has 3 heterocycles. The van der Waals surface area contributed by atoms with Gasteiger partial charge in [0.2, 0.25) is 17.8 Å². The molecule has 1 saturated heterocycles. The lowest BCUT2D eigenvalue weighted by Crippen LogP contribution is -2.64. The van der Waals surface area contributed by atoms with Crippen molar-refractivity contribution < 1.29 is 19.0 Å². The molecule has 4 amide bonds. The predicted octanol–water partition coefficient (Wildman–Crippen LogP) is -0.0124. The van der Waals surface area contributed by atoms with Crippen LogP contribution in [0.15, 0.2) is 29.3 Å². The van der Waals surface area contributed by atoms with E-state index < -0.39 is 30.4 Å². The van der Waals surface area contributed by atoms with Crippen LogP contribution in [0, 0.1) is 0 Å². The highest BCUT2D eigenvalue weighted by atomic mass is 16.2. The lowest BCUT2D eigenvalue weighted by Gasteiger charge is -2.34. The maximum absolute atomic E-state index is 13.0. The normalized spacial score (nSPS) is 21.7. The van der Waals surface area contributed by atoms with Crippen LogP contribution in [0.2, 0.25) is 0 Å². The molecular weight excluding hydrogens is 360 g/mol. The average molecular weight is 383 g/mol. The summed E-state index contributed by atoms with van der Waals surface area (Å²) in [5.74, 6) is -0.139. The third-order valence-electron chi connectivity index (χ3n) is 5.38. The van der Waals surface area contributed by atoms with Crippen LogP contribution >= 0.6 is 0 Å². The fourth-order valence-corrected chi connectivity index (χ4v) is 3.91. The van der Waals surface area contributed by atoms with Crippen molar-refractivity contribution in [2.75, 3.05) is 31.6 Å². The topological polar surface area (TPSA) is 102 Å². The third-order valence-corrected chi connectivity index (χ3v) is 5.38. The molecule has 146 valence electrons. The van der Waals surface area contributed by atoms with Crippen molar-refractivity contribution in [3.05, 3.63) is 29.8 Å². The number of nitrogens with two attached hydrogens (primary N) is 1. The number of benzene rings is 1. The maximum Gasteiger partial charge on any atom is 0.397 e. The van der Waals surface area contributed by atoms with Crippen LogP contribution in [-0.2, 0) is 16.0 Å². The third kappa shape index (κ3) is 2.74. The van der Waals surface area contributed by atoms with E-state index in [9.17, 15) is 14.4 Å². The van der Waals surface area contributed by atoms with E-state index in [1.54, 1.807) is 7.05 Å². The van der Waals surface area contributed by atoms with E-state index in [2.05, 4.69) is 28.9 Å². The number of amides is 4. The molecule has 1 fully saturated rings. The van der Waals surface area contributed by atoms with Gasteiger partial charge < -0.3 is 5.73 Å². The molecule has 3 aliphatic heterocycles. The summed E-state index contributed by atoms with van der Waals surface area (Å²) >= 11 is 0. The SMILES string of the molecule is CCc1ccc(N2CCC[N+]3=C2N=C2C3C(=O)N(CC(N)=O)C(=O)N2C)cc1. The number of aryl methyl sites for hydroxylation is 1. The fraction of sp³-hybridized carbons (Fsp3) is 0.421. The molecule has 1 unspecified atom stereocenters. The zero-order valence-electron chi connectivity index (χ0n) is 16.0. The van der Waals surface area contributed by atoms with Gasteiger partial charge in [-0.3, -0.25) is 19.4 Å². The largest absolute Gasteiger partial charge is 0.397 e. The quantitative estimate of drug-likeness (QED) is 0.739. The smallest absolute Gasteiger partial charge is 0.368 e. The number of imide groups is 1. The molecule has 3 aliphatic rings. The van der Waals surface area contributed by atoms with Crippen LogP contribution in [-0.4, -0.2) is 76.7 Å². The van der Waals surface area contributed by atoms with E-state index in [4.69, 9.17) is 5.73 Å². The number of carbonyl (C=O) groups is 3. The molecule has 0 saturated carbocycles. The molecule has 4 rings (SSSR count). The molecule has 0 spiro atoms. The van der Waals surface area contributed by atoms with E-state index in [1.165, 1.54) is 10.5 Å². The lowest BCUT2D eigenvalue weighted by molar-refractivity contribution is -0.539. The summed E-state index contributed by atoms with van der Waals surface area (Å²) < 4.78 is 1.91. The summed E-state index contributed by atoms with van der Waals surface area (Å²) in [5.41, 5.74) is 7.47. The number of hydrogen-bond donors (Lipinski definition) is 1. The Morgan fingerprint density at radius 2 is 2.00 bits per heavy atom. The summed E-state index contributed by atoms with van der Waals surface area (Å²) in [6, 6.07) is 6.97. The van der Waals surface area contributed by atoms with Crippen LogP contribution in [0.25, 0.3) is 0 Å². The van der Waals surface area contributed by atoms with Gasteiger partial charge in [-0.2, -0.15) is 0 Å². The Morgan fingerprint density at radius 1 is 1.29 bits per heavy atom.